The SMILES string of the molecule is COc1ccc(C(C)(C)CNC(=O)CCl)cc1Br. The minimum atomic E-state index is -0.170. The van der Waals surface area contributed by atoms with Crippen molar-refractivity contribution in [2.24, 2.45) is 0 Å². The molecule has 0 aromatic heterocycles. The Bertz CT molecular complexity index is 435. The van der Waals surface area contributed by atoms with Gasteiger partial charge in [0.05, 0.1) is 11.6 Å². The maximum atomic E-state index is 11.2. The van der Waals surface area contributed by atoms with E-state index in [9.17, 15) is 4.79 Å². The Morgan fingerprint density at radius 3 is 2.67 bits per heavy atom. The molecule has 0 atom stereocenters. The minimum Gasteiger partial charge on any atom is -0.496 e. The van der Waals surface area contributed by atoms with Gasteiger partial charge in [-0.2, -0.15) is 0 Å². The third-order valence-corrected chi connectivity index (χ3v) is 3.64. The third kappa shape index (κ3) is 3.89. The van der Waals surface area contributed by atoms with Crippen LogP contribution in [0.2, 0.25) is 0 Å². The number of halogens is 2. The predicted octanol–water partition coefficient (Wildman–Crippen LogP) is 3.09. The van der Waals surface area contributed by atoms with Crippen molar-refractivity contribution in [1.29, 1.82) is 0 Å². The Hall–Kier alpha value is -0.740. The number of alkyl halides is 1. The molecule has 0 bridgehead atoms. The van der Waals surface area contributed by atoms with Crippen LogP contribution in [0.15, 0.2) is 22.7 Å². The standard InChI is InChI=1S/C13H17BrClNO2/c1-13(2,8-16-12(17)7-15)9-4-5-11(18-3)10(14)6-9/h4-6H,7-8H2,1-3H3,(H,16,17). The van der Waals surface area contributed by atoms with Gasteiger partial charge in [-0.05, 0) is 33.6 Å². The number of hydrogen-bond donors (Lipinski definition) is 1. The molecule has 1 aromatic rings. The van der Waals surface area contributed by atoms with E-state index < -0.39 is 0 Å². The fourth-order valence-electron chi connectivity index (χ4n) is 1.56. The molecule has 0 aliphatic heterocycles. The van der Waals surface area contributed by atoms with Crippen molar-refractivity contribution in [3.05, 3.63) is 28.2 Å². The van der Waals surface area contributed by atoms with Gasteiger partial charge in [-0.1, -0.05) is 19.9 Å². The van der Waals surface area contributed by atoms with Gasteiger partial charge in [-0.15, -0.1) is 11.6 Å². The van der Waals surface area contributed by atoms with Crippen LogP contribution in [0.3, 0.4) is 0 Å². The lowest BCUT2D eigenvalue weighted by Crippen LogP contribution is -2.37. The van der Waals surface area contributed by atoms with Gasteiger partial charge < -0.3 is 10.1 Å². The highest BCUT2D eigenvalue weighted by atomic mass is 79.9. The summed E-state index contributed by atoms with van der Waals surface area (Å²) in [5.74, 6) is 0.624. The van der Waals surface area contributed by atoms with E-state index in [4.69, 9.17) is 16.3 Å². The van der Waals surface area contributed by atoms with Crippen LogP contribution in [0.4, 0.5) is 0 Å². The smallest absolute Gasteiger partial charge is 0.234 e. The molecule has 0 aliphatic rings. The summed E-state index contributed by atoms with van der Waals surface area (Å²) >= 11 is 8.92. The number of benzene rings is 1. The maximum Gasteiger partial charge on any atom is 0.234 e. The quantitative estimate of drug-likeness (QED) is 0.840. The van der Waals surface area contributed by atoms with Gasteiger partial charge in [0.2, 0.25) is 5.91 Å². The number of methoxy groups -OCH3 is 1. The fourth-order valence-corrected chi connectivity index (χ4v) is 2.19. The largest absolute Gasteiger partial charge is 0.496 e. The molecule has 0 unspecified atom stereocenters. The number of rotatable bonds is 5. The summed E-state index contributed by atoms with van der Waals surface area (Å²) in [7, 11) is 1.63. The van der Waals surface area contributed by atoms with E-state index in [1.165, 1.54) is 0 Å². The number of amides is 1. The van der Waals surface area contributed by atoms with Gasteiger partial charge >= 0.3 is 0 Å². The number of ether oxygens (including phenoxy) is 1. The average molecular weight is 335 g/mol. The molecule has 0 radical (unpaired) electrons. The van der Waals surface area contributed by atoms with Crippen molar-refractivity contribution < 1.29 is 9.53 Å². The zero-order valence-electron chi connectivity index (χ0n) is 10.7. The topological polar surface area (TPSA) is 38.3 Å². The number of carbonyl (C=O) groups excluding carboxylic acids is 1. The first kappa shape index (κ1) is 15.3. The zero-order chi connectivity index (χ0) is 13.8. The van der Waals surface area contributed by atoms with Crippen molar-refractivity contribution in [1.82, 2.24) is 5.32 Å². The molecule has 1 amide bonds. The number of hydrogen-bond acceptors (Lipinski definition) is 2. The first-order chi connectivity index (χ1) is 8.40. The van der Waals surface area contributed by atoms with E-state index in [-0.39, 0.29) is 17.2 Å². The predicted molar refractivity (Wildman–Crippen MR) is 77.4 cm³/mol. The highest BCUT2D eigenvalue weighted by Crippen LogP contribution is 2.31. The van der Waals surface area contributed by atoms with Gasteiger partial charge in [0.15, 0.2) is 0 Å². The molecule has 3 nitrogen and oxygen atoms in total. The molecule has 1 N–H and O–H groups in total. The van der Waals surface area contributed by atoms with Crippen LogP contribution in [-0.4, -0.2) is 25.4 Å². The second kappa shape index (κ2) is 6.43. The molecule has 1 rings (SSSR count). The fraction of sp³-hybridized carbons (Fsp3) is 0.462. The lowest BCUT2D eigenvalue weighted by molar-refractivity contribution is -0.118. The summed E-state index contributed by atoms with van der Waals surface area (Å²) in [5, 5.41) is 2.80. The number of nitrogens with one attached hydrogen (secondary N) is 1. The normalized spacial score (nSPS) is 11.2. The Labute approximate surface area is 121 Å². The molecule has 0 saturated heterocycles. The van der Waals surface area contributed by atoms with Crippen molar-refractivity contribution >= 4 is 33.4 Å². The molecule has 100 valence electrons. The van der Waals surface area contributed by atoms with Gasteiger partial charge in [0, 0.05) is 12.0 Å². The van der Waals surface area contributed by atoms with Crippen LogP contribution in [0, 0.1) is 0 Å². The summed E-state index contributed by atoms with van der Waals surface area (Å²) in [6, 6.07) is 5.91. The van der Waals surface area contributed by atoms with Crippen molar-refractivity contribution in [3.8, 4) is 5.75 Å². The highest BCUT2D eigenvalue weighted by molar-refractivity contribution is 9.10. The summed E-state index contributed by atoms with van der Waals surface area (Å²) < 4.78 is 6.10. The molecule has 18 heavy (non-hydrogen) atoms. The van der Waals surface area contributed by atoms with Gasteiger partial charge in [-0.25, -0.2) is 0 Å². The van der Waals surface area contributed by atoms with Crippen LogP contribution < -0.4 is 10.1 Å². The van der Waals surface area contributed by atoms with Gasteiger partial charge in [0.1, 0.15) is 11.6 Å². The van der Waals surface area contributed by atoms with E-state index in [0.29, 0.717) is 6.54 Å². The van der Waals surface area contributed by atoms with Gasteiger partial charge in [-0.3, -0.25) is 4.79 Å². The summed E-state index contributed by atoms with van der Waals surface area (Å²) in [6.45, 7) is 4.67. The highest BCUT2D eigenvalue weighted by Gasteiger charge is 2.22. The average Bonchev–Trinajstić information content (AvgIpc) is 2.35. The van der Waals surface area contributed by atoms with E-state index in [0.717, 1.165) is 15.8 Å². The molecule has 0 fully saturated rings. The zero-order valence-corrected chi connectivity index (χ0v) is 13.1. The second-order valence-electron chi connectivity index (χ2n) is 4.64. The maximum absolute atomic E-state index is 11.2. The summed E-state index contributed by atoms with van der Waals surface area (Å²) in [5.41, 5.74) is 0.946. The first-order valence-corrected chi connectivity index (χ1v) is 6.90. The molecule has 0 aliphatic carbocycles. The first-order valence-electron chi connectivity index (χ1n) is 5.57. The lowest BCUT2D eigenvalue weighted by Gasteiger charge is -2.26. The van der Waals surface area contributed by atoms with E-state index in [1.54, 1.807) is 7.11 Å². The Morgan fingerprint density at radius 1 is 1.50 bits per heavy atom. The third-order valence-electron chi connectivity index (χ3n) is 2.78. The monoisotopic (exact) mass is 333 g/mol. The lowest BCUT2D eigenvalue weighted by atomic mass is 9.84. The van der Waals surface area contributed by atoms with Crippen LogP contribution >= 0.6 is 27.5 Å². The molecule has 1 aromatic carbocycles. The van der Waals surface area contributed by atoms with E-state index >= 15 is 0 Å². The van der Waals surface area contributed by atoms with E-state index in [1.807, 2.05) is 18.2 Å². The second-order valence-corrected chi connectivity index (χ2v) is 5.77. The molecular weight excluding hydrogens is 318 g/mol. The molecule has 5 heteroatoms. The number of carbonyl (C=O) groups is 1. The van der Waals surface area contributed by atoms with Crippen molar-refractivity contribution in [2.75, 3.05) is 19.5 Å². The Balaban J connectivity index is 2.84. The molecule has 0 spiro atoms. The van der Waals surface area contributed by atoms with Crippen molar-refractivity contribution in [2.45, 2.75) is 19.3 Å². The van der Waals surface area contributed by atoms with Crippen LogP contribution in [0.5, 0.6) is 5.75 Å². The van der Waals surface area contributed by atoms with Crippen molar-refractivity contribution in [3.63, 3.8) is 0 Å². The summed E-state index contributed by atoms with van der Waals surface area (Å²) in [6.07, 6.45) is 0. The van der Waals surface area contributed by atoms with Crippen LogP contribution in [-0.2, 0) is 10.2 Å². The Morgan fingerprint density at radius 2 is 2.17 bits per heavy atom. The molecule has 0 heterocycles. The van der Waals surface area contributed by atoms with E-state index in [2.05, 4.69) is 35.1 Å². The molecular formula is C13H17BrClNO2. The van der Waals surface area contributed by atoms with Crippen LogP contribution in [0.1, 0.15) is 19.4 Å². The summed E-state index contributed by atoms with van der Waals surface area (Å²) in [4.78, 5) is 11.2. The molecule has 0 saturated carbocycles. The van der Waals surface area contributed by atoms with Crippen LogP contribution in [0.25, 0.3) is 0 Å². The minimum absolute atomic E-state index is 0.0115. The van der Waals surface area contributed by atoms with Gasteiger partial charge in [0.25, 0.3) is 0 Å². The Kier molecular flexibility index (Phi) is 5.47.